The number of unbranched alkanes of at least 4 members (excludes halogenated alkanes) is 1. The first-order valence-electron chi connectivity index (χ1n) is 11.0. The molecule has 1 N–H and O–H groups in total. The first-order chi connectivity index (χ1) is 14.9. The van der Waals surface area contributed by atoms with Crippen LogP contribution < -0.4 is 10.2 Å². The second kappa shape index (κ2) is 9.58. The minimum atomic E-state index is -0.533. The molecule has 31 heavy (non-hydrogen) atoms. The van der Waals surface area contributed by atoms with Gasteiger partial charge in [0.1, 0.15) is 0 Å². The summed E-state index contributed by atoms with van der Waals surface area (Å²) in [7, 11) is 0. The molecule has 2 aliphatic heterocycles. The lowest BCUT2D eigenvalue weighted by atomic mass is 9.75. The zero-order valence-corrected chi connectivity index (χ0v) is 20.0. The third-order valence-electron chi connectivity index (χ3n) is 6.72. The number of hydrogen-bond acceptors (Lipinski definition) is 3. The van der Waals surface area contributed by atoms with E-state index in [2.05, 4.69) is 28.1 Å². The van der Waals surface area contributed by atoms with Gasteiger partial charge in [-0.2, -0.15) is 0 Å². The van der Waals surface area contributed by atoms with Crippen molar-refractivity contribution in [2.45, 2.75) is 38.0 Å². The third kappa shape index (κ3) is 4.68. The van der Waals surface area contributed by atoms with Crippen molar-refractivity contribution < 1.29 is 4.79 Å². The maximum Gasteiger partial charge on any atom is 0.235 e. The number of piperazine rings is 1. The van der Waals surface area contributed by atoms with Gasteiger partial charge in [0.05, 0.1) is 16.1 Å². The minimum absolute atomic E-state index is 0.0457. The van der Waals surface area contributed by atoms with Crippen molar-refractivity contribution in [3.8, 4) is 0 Å². The Morgan fingerprint density at radius 2 is 1.77 bits per heavy atom. The van der Waals surface area contributed by atoms with E-state index in [1.54, 1.807) is 6.07 Å². The number of hydrogen-bond donors (Lipinski definition) is 1. The largest absolute Gasteiger partial charge is 0.369 e. The van der Waals surface area contributed by atoms with Crippen molar-refractivity contribution in [2.24, 2.45) is 0 Å². The van der Waals surface area contributed by atoms with Gasteiger partial charge in [0.25, 0.3) is 0 Å². The van der Waals surface area contributed by atoms with Gasteiger partial charge < -0.3 is 10.2 Å². The number of fused-ring (bicyclic) bond motifs is 1. The summed E-state index contributed by atoms with van der Waals surface area (Å²) in [6.07, 6.45) is 3.59. The molecule has 1 amide bonds. The average Bonchev–Trinajstić information content (AvgIpc) is 3.04. The van der Waals surface area contributed by atoms with Crippen LogP contribution in [-0.4, -0.2) is 43.5 Å². The van der Waals surface area contributed by atoms with E-state index in [1.807, 2.05) is 24.3 Å². The molecule has 1 fully saturated rings. The normalized spacial score (nSPS) is 21.3. The highest BCUT2D eigenvalue weighted by molar-refractivity contribution is 6.37. The summed E-state index contributed by atoms with van der Waals surface area (Å²) in [6, 6.07) is 11.7. The van der Waals surface area contributed by atoms with E-state index in [0.717, 1.165) is 74.7 Å². The predicted octanol–water partition coefficient (Wildman–Crippen LogP) is 6.24. The summed E-state index contributed by atoms with van der Waals surface area (Å²) in [5.74, 6) is 0.0457. The Morgan fingerprint density at radius 3 is 2.48 bits per heavy atom. The summed E-state index contributed by atoms with van der Waals surface area (Å²) < 4.78 is 0. The van der Waals surface area contributed by atoms with E-state index < -0.39 is 5.41 Å². The van der Waals surface area contributed by atoms with Gasteiger partial charge in [0.15, 0.2) is 0 Å². The highest BCUT2D eigenvalue weighted by Crippen LogP contribution is 2.47. The second-order valence-electron chi connectivity index (χ2n) is 8.47. The maximum atomic E-state index is 12.9. The number of carbonyl (C=O) groups excluding carboxylic acids is 1. The molecule has 7 heteroatoms. The molecule has 166 valence electrons. The fourth-order valence-corrected chi connectivity index (χ4v) is 5.60. The van der Waals surface area contributed by atoms with Crippen LogP contribution in [0.3, 0.4) is 0 Å². The number of nitrogens with zero attached hydrogens (tertiary/aromatic N) is 2. The van der Waals surface area contributed by atoms with Crippen LogP contribution in [-0.2, 0) is 10.2 Å². The smallest absolute Gasteiger partial charge is 0.235 e. The zero-order valence-electron chi connectivity index (χ0n) is 17.8. The first kappa shape index (κ1) is 22.7. The molecule has 2 aliphatic rings. The average molecular weight is 481 g/mol. The fourth-order valence-electron chi connectivity index (χ4n) is 4.87. The van der Waals surface area contributed by atoms with Crippen LogP contribution in [0, 0.1) is 0 Å². The summed E-state index contributed by atoms with van der Waals surface area (Å²) in [5.41, 5.74) is 2.35. The van der Waals surface area contributed by atoms with Crippen LogP contribution in [0.4, 0.5) is 11.4 Å². The van der Waals surface area contributed by atoms with E-state index in [1.165, 1.54) is 5.69 Å². The molecule has 4 rings (SSSR count). The van der Waals surface area contributed by atoms with Gasteiger partial charge in [-0.15, -0.1) is 0 Å². The predicted molar refractivity (Wildman–Crippen MR) is 131 cm³/mol. The molecular weight excluding hydrogens is 453 g/mol. The molecule has 0 spiro atoms. The molecule has 0 bridgehead atoms. The van der Waals surface area contributed by atoms with Gasteiger partial charge in [-0.25, -0.2) is 0 Å². The maximum absolute atomic E-state index is 12.9. The lowest BCUT2D eigenvalue weighted by Gasteiger charge is -2.36. The van der Waals surface area contributed by atoms with Crippen molar-refractivity contribution in [3.05, 3.63) is 57.0 Å². The van der Waals surface area contributed by atoms with Crippen LogP contribution >= 0.6 is 34.8 Å². The molecular formula is C24H28Cl3N3O. The summed E-state index contributed by atoms with van der Waals surface area (Å²) in [6.45, 7) is 7.21. The van der Waals surface area contributed by atoms with E-state index in [4.69, 9.17) is 34.8 Å². The third-order valence-corrected chi connectivity index (χ3v) is 7.47. The van der Waals surface area contributed by atoms with Crippen molar-refractivity contribution in [1.29, 1.82) is 0 Å². The van der Waals surface area contributed by atoms with Gasteiger partial charge in [-0.1, -0.05) is 54.2 Å². The van der Waals surface area contributed by atoms with Crippen molar-refractivity contribution >= 4 is 52.1 Å². The molecule has 2 aromatic carbocycles. The van der Waals surface area contributed by atoms with Gasteiger partial charge in [-0.05, 0) is 61.7 Å². The van der Waals surface area contributed by atoms with Crippen molar-refractivity contribution in [3.63, 3.8) is 0 Å². The van der Waals surface area contributed by atoms with Gasteiger partial charge in [-0.3, -0.25) is 9.69 Å². The Kier molecular flexibility index (Phi) is 7.02. The van der Waals surface area contributed by atoms with Crippen molar-refractivity contribution in [2.75, 3.05) is 42.9 Å². The molecule has 0 saturated carbocycles. The van der Waals surface area contributed by atoms with E-state index >= 15 is 0 Å². The Morgan fingerprint density at radius 1 is 1.00 bits per heavy atom. The van der Waals surface area contributed by atoms with Crippen LogP contribution in [0.1, 0.15) is 38.2 Å². The number of benzene rings is 2. The molecule has 0 radical (unpaired) electrons. The first-order valence-corrected chi connectivity index (χ1v) is 12.1. The Labute approximate surface area is 199 Å². The molecule has 0 aromatic heterocycles. The standard InChI is InChI=1S/C24H28Cl3N3O/c1-2-24(20-15-18(26)16-21(27)22(20)28-23(24)31)8-3-4-9-29-10-12-30(13-11-29)19-7-5-6-17(25)14-19/h5-7,14-16H,2-4,8-13H2,1H3,(H,28,31). The molecule has 2 heterocycles. The highest BCUT2D eigenvalue weighted by Gasteiger charge is 2.45. The lowest BCUT2D eigenvalue weighted by molar-refractivity contribution is -0.121. The molecule has 2 aromatic rings. The Bertz CT molecular complexity index is 959. The highest BCUT2D eigenvalue weighted by atomic mass is 35.5. The Hall–Kier alpha value is -1.46. The summed E-state index contributed by atoms with van der Waals surface area (Å²) >= 11 is 18.7. The minimum Gasteiger partial charge on any atom is -0.369 e. The number of carbonyl (C=O) groups is 1. The molecule has 1 atom stereocenters. The summed E-state index contributed by atoms with van der Waals surface area (Å²) in [4.78, 5) is 17.8. The zero-order chi connectivity index (χ0) is 22.0. The number of nitrogens with one attached hydrogen (secondary N) is 1. The SMILES string of the molecule is CCC1(CCCCN2CCN(c3cccc(Cl)c3)CC2)C(=O)Nc2c(Cl)cc(Cl)cc21. The van der Waals surface area contributed by atoms with Gasteiger partial charge in [0, 0.05) is 41.9 Å². The van der Waals surface area contributed by atoms with Crippen LogP contribution in [0.2, 0.25) is 15.1 Å². The summed E-state index contributed by atoms with van der Waals surface area (Å²) in [5, 5.41) is 4.87. The van der Waals surface area contributed by atoms with Crippen LogP contribution in [0.15, 0.2) is 36.4 Å². The van der Waals surface area contributed by atoms with Gasteiger partial charge in [0.2, 0.25) is 5.91 Å². The van der Waals surface area contributed by atoms with Crippen molar-refractivity contribution in [1.82, 2.24) is 4.90 Å². The second-order valence-corrected chi connectivity index (χ2v) is 9.75. The van der Waals surface area contributed by atoms with E-state index in [0.29, 0.717) is 10.0 Å². The number of amides is 1. The molecule has 0 aliphatic carbocycles. The molecule has 4 nitrogen and oxygen atoms in total. The van der Waals surface area contributed by atoms with Crippen LogP contribution in [0.5, 0.6) is 0 Å². The number of rotatable bonds is 7. The number of halogens is 3. The van der Waals surface area contributed by atoms with E-state index in [9.17, 15) is 4.79 Å². The molecule has 1 unspecified atom stereocenters. The van der Waals surface area contributed by atoms with Crippen LogP contribution in [0.25, 0.3) is 0 Å². The topological polar surface area (TPSA) is 35.6 Å². The fraction of sp³-hybridized carbons (Fsp3) is 0.458. The molecule has 1 saturated heterocycles. The quantitative estimate of drug-likeness (QED) is 0.476. The lowest BCUT2D eigenvalue weighted by Crippen LogP contribution is -2.46. The Balaban J connectivity index is 1.30. The number of anilines is 2. The van der Waals surface area contributed by atoms with Gasteiger partial charge >= 0.3 is 0 Å². The van der Waals surface area contributed by atoms with E-state index in [-0.39, 0.29) is 5.91 Å². The monoisotopic (exact) mass is 479 g/mol.